The van der Waals surface area contributed by atoms with Gasteiger partial charge in [0.2, 0.25) is 0 Å². The third-order valence-electron chi connectivity index (χ3n) is 5.30. The summed E-state index contributed by atoms with van der Waals surface area (Å²) in [6.45, 7) is 0. The fourth-order valence-corrected chi connectivity index (χ4v) is 23.9. The Morgan fingerprint density at radius 3 is 2.44 bits per heavy atom. The Bertz CT molecular complexity index is 1160. The topological polar surface area (TPSA) is 80.3 Å². The Hall–Kier alpha value is -1.58. The van der Waals surface area contributed by atoms with Gasteiger partial charge in [0.25, 0.3) is 0 Å². The number of amides is 2. The van der Waals surface area contributed by atoms with Crippen molar-refractivity contribution in [2.24, 2.45) is 0 Å². The molecule has 5 rings (SSSR count). The van der Waals surface area contributed by atoms with Crippen LogP contribution in [0.15, 0.2) is 50.0 Å². The van der Waals surface area contributed by atoms with E-state index in [1.165, 1.54) is 12.1 Å². The van der Waals surface area contributed by atoms with E-state index in [0.29, 0.717) is 2.66 Å². The van der Waals surface area contributed by atoms with Crippen LogP contribution in [0.4, 0.5) is 9.18 Å². The molecule has 0 aliphatic carbocycles. The van der Waals surface area contributed by atoms with E-state index in [0.717, 1.165) is 38.3 Å². The molecule has 1 fully saturated rings. The molecule has 0 radical (unpaired) electrons. The summed E-state index contributed by atoms with van der Waals surface area (Å²) >= 11 is -2.23. The van der Waals surface area contributed by atoms with Crippen molar-refractivity contribution < 1.29 is 22.4 Å². The summed E-state index contributed by atoms with van der Waals surface area (Å²) in [4.78, 5) is 24.1. The summed E-state index contributed by atoms with van der Waals surface area (Å²) < 4.78 is 41.0. The molecule has 0 saturated carbocycles. The Kier molecular flexibility index (Phi) is 3.86. The molecule has 3 aliphatic heterocycles. The van der Waals surface area contributed by atoms with E-state index < -0.39 is 42.3 Å². The van der Waals surface area contributed by atoms with E-state index in [9.17, 15) is 22.4 Å². The molecule has 2 aromatic carbocycles. The van der Waals surface area contributed by atoms with E-state index in [1.807, 2.05) is 18.2 Å². The second-order valence-corrected chi connectivity index (χ2v) is 19.3. The van der Waals surface area contributed by atoms with E-state index in [2.05, 4.69) is 5.32 Å². The first kappa shape index (κ1) is 17.5. The first-order chi connectivity index (χ1) is 12.9. The Morgan fingerprint density at radius 2 is 1.81 bits per heavy atom. The van der Waals surface area contributed by atoms with Crippen LogP contribution in [0.1, 0.15) is 14.8 Å². The molecule has 2 amide bonds. The maximum absolute atomic E-state index is 13.2. The van der Waals surface area contributed by atoms with Gasteiger partial charge >= 0.3 is 167 Å². The normalized spacial score (nSPS) is 23.0. The summed E-state index contributed by atoms with van der Waals surface area (Å²) in [5, 5.41) is 1.35. The second-order valence-electron chi connectivity index (χ2n) is 6.67. The molecule has 2 atom stereocenters. The molecule has 134 valence electrons. The number of rotatable bonds is 3. The average molecular weight is 503 g/mol. The number of sulfone groups is 1. The van der Waals surface area contributed by atoms with Crippen molar-refractivity contribution in [1.29, 1.82) is 0 Å². The number of carbonyl (C=O) groups is 2. The average Bonchev–Trinajstić information content (AvgIpc) is 3.22. The molecule has 2 unspecified atom stereocenters. The van der Waals surface area contributed by atoms with Crippen LogP contribution >= 0.6 is 11.8 Å². The van der Waals surface area contributed by atoms with Crippen molar-refractivity contribution in [3.8, 4) is 0 Å². The van der Waals surface area contributed by atoms with Crippen LogP contribution in [-0.2, 0) is 14.6 Å². The quantitative estimate of drug-likeness (QED) is 0.648. The molecular weight excluding hydrogens is 492 g/mol. The van der Waals surface area contributed by atoms with Gasteiger partial charge in [0.1, 0.15) is 0 Å². The summed E-state index contributed by atoms with van der Waals surface area (Å²) in [6.07, 6.45) is 1.74. The van der Waals surface area contributed by atoms with Crippen LogP contribution in [0, 0.1) is 5.82 Å². The van der Waals surface area contributed by atoms with Gasteiger partial charge in [0.15, 0.2) is 0 Å². The van der Waals surface area contributed by atoms with Gasteiger partial charge in [-0.1, -0.05) is 0 Å². The van der Waals surface area contributed by atoms with Crippen LogP contribution in [0.25, 0.3) is 6.08 Å². The van der Waals surface area contributed by atoms with Gasteiger partial charge in [0.05, 0.1) is 0 Å². The van der Waals surface area contributed by atoms with Gasteiger partial charge in [-0.15, -0.1) is 0 Å². The SMILES string of the molecule is O=C1NC(=O)C([CH]2c3ccc[c]4c3C=[C](S(=O)(=O)c3ccc(F)cc3)[In]42)S1. The number of thioether (sulfide) groups is 1. The number of carbonyl (C=O) groups excluding carboxylic acids is 2. The van der Waals surface area contributed by atoms with Crippen molar-refractivity contribution in [3.63, 3.8) is 0 Å². The van der Waals surface area contributed by atoms with Crippen molar-refractivity contribution in [3.05, 3.63) is 62.1 Å². The first-order valence-electron chi connectivity index (χ1n) is 8.24. The van der Waals surface area contributed by atoms with Crippen LogP contribution < -0.4 is 8.64 Å². The molecular formula is C18H11FInNO4S2. The number of imide groups is 1. The number of nitrogens with one attached hydrogen (secondary N) is 1. The summed E-state index contributed by atoms with van der Waals surface area (Å²) in [7, 11) is -3.76. The third kappa shape index (κ3) is 2.48. The number of benzene rings is 2. The fraction of sp³-hybridized carbons (Fsp3) is 0.111. The predicted molar refractivity (Wildman–Crippen MR) is 101 cm³/mol. The predicted octanol–water partition coefficient (Wildman–Crippen LogP) is 1.88. The van der Waals surface area contributed by atoms with Crippen LogP contribution in [-0.4, -0.2) is 46.3 Å². The molecule has 0 spiro atoms. The van der Waals surface area contributed by atoms with Crippen LogP contribution in [0.2, 0.25) is 0 Å². The molecule has 1 saturated heterocycles. The van der Waals surface area contributed by atoms with Gasteiger partial charge in [-0.2, -0.15) is 0 Å². The van der Waals surface area contributed by atoms with Gasteiger partial charge < -0.3 is 0 Å². The summed E-state index contributed by atoms with van der Waals surface area (Å²) in [5.74, 6) is -0.840. The maximum atomic E-state index is 13.2. The monoisotopic (exact) mass is 503 g/mol. The van der Waals surface area contributed by atoms with Gasteiger partial charge in [-0.25, -0.2) is 0 Å². The molecule has 2 aromatic rings. The Morgan fingerprint density at radius 1 is 1.07 bits per heavy atom. The van der Waals surface area contributed by atoms with Crippen molar-refractivity contribution >= 4 is 63.6 Å². The van der Waals surface area contributed by atoms with Crippen molar-refractivity contribution in [1.82, 2.24) is 5.32 Å². The number of hydrogen-bond acceptors (Lipinski definition) is 5. The number of hydrogen-bond donors (Lipinski definition) is 1. The van der Waals surface area contributed by atoms with E-state index in [4.69, 9.17) is 0 Å². The second kappa shape index (κ2) is 5.96. The van der Waals surface area contributed by atoms with Gasteiger partial charge in [-0.3, -0.25) is 0 Å². The standard InChI is InChI=1S/C18H11FNO4S2.In/c19-14-5-7-15(8-6-14)26(23,24)10-9-12-3-1-2-4-13(12)11-16-17(21)20-18(22)25-16;/h1-2,4-9,11,16H,(H,20,21,22);. The molecule has 9 heteroatoms. The van der Waals surface area contributed by atoms with Crippen molar-refractivity contribution in [2.45, 2.75) is 13.8 Å². The molecule has 3 heterocycles. The molecule has 4 bridgehead atoms. The summed E-state index contributed by atoms with van der Waals surface area (Å²) in [6, 6.07) is 10.6. The first-order valence-corrected chi connectivity index (χ1v) is 15.8. The summed E-state index contributed by atoms with van der Waals surface area (Å²) in [5.41, 5.74) is 1.88. The molecule has 5 nitrogen and oxygen atoms in total. The zero-order valence-corrected chi connectivity index (χ0v) is 18.6. The minimum absolute atomic E-state index is 0.0615. The molecule has 3 aliphatic rings. The van der Waals surface area contributed by atoms with Gasteiger partial charge in [0, 0.05) is 0 Å². The van der Waals surface area contributed by atoms with Crippen molar-refractivity contribution in [2.75, 3.05) is 0 Å². The molecule has 27 heavy (non-hydrogen) atoms. The molecule has 0 aromatic heterocycles. The van der Waals surface area contributed by atoms with Crippen LogP contribution in [0.3, 0.4) is 0 Å². The van der Waals surface area contributed by atoms with Gasteiger partial charge in [-0.05, 0) is 0 Å². The minimum atomic E-state index is -3.76. The zero-order valence-electron chi connectivity index (χ0n) is 13.7. The molecule has 1 N–H and O–H groups in total. The van der Waals surface area contributed by atoms with E-state index in [1.54, 1.807) is 6.08 Å². The number of halogens is 1. The Labute approximate surface area is 166 Å². The Balaban J connectivity index is 1.62. The zero-order chi connectivity index (χ0) is 18.9. The van der Waals surface area contributed by atoms with Crippen LogP contribution in [0.5, 0.6) is 0 Å². The van der Waals surface area contributed by atoms with E-state index >= 15 is 0 Å². The van der Waals surface area contributed by atoms with E-state index in [-0.39, 0.29) is 19.7 Å². The fourth-order valence-electron chi connectivity index (χ4n) is 4.20. The third-order valence-corrected chi connectivity index (χ3v) is 22.9.